The largest absolute Gasteiger partial charge is 0.481 e. The van der Waals surface area contributed by atoms with Crippen LogP contribution in [0.25, 0.3) is 0 Å². The molecule has 0 aromatic rings. The first-order valence-electron chi connectivity index (χ1n) is 9.41. The van der Waals surface area contributed by atoms with Crippen molar-refractivity contribution in [3.63, 3.8) is 0 Å². The van der Waals surface area contributed by atoms with E-state index in [1.54, 1.807) is 12.2 Å². The number of allylic oxidation sites excluding steroid dienone is 6. The third-order valence-electron chi connectivity index (χ3n) is 4.00. The zero-order valence-electron chi connectivity index (χ0n) is 16.3. The van der Waals surface area contributed by atoms with Crippen molar-refractivity contribution in [1.29, 1.82) is 0 Å². The van der Waals surface area contributed by atoms with E-state index >= 15 is 0 Å². The van der Waals surface area contributed by atoms with Crippen molar-refractivity contribution >= 4 is 18.0 Å². The second-order valence-corrected chi connectivity index (χ2v) is 6.34. The van der Waals surface area contributed by atoms with Gasteiger partial charge in [0.05, 0.1) is 6.10 Å². The van der Waals surface area contributed by atoms with Crippen LogP contribution in [0, 0.1) is 11.8 Å². The molecular formula is C22H32O5. The number of carboxylic acid groups (broad SMARTS) is 1. The summed E-state index contributed by atoms with van der Waals surface area (Å²) in [7, 11) is 0. The molecule has 0 saturated heterocycles. The zero-order chi connectivity index (χ0) is 20.5. The lowest BCUT2D eigenvalue weighted by molar-refractivity contribution is -0.136. The summed E-state index contributed by atoms with van der Waals surface area (Å²) in [5.41, 5.74) is 0. The van der Waals surface area contributed by atoms with E-state index in [9.17, 15) is 19.5 Å². The van der Waals surface area contributed by atoms with Gasteiger partial charge in [0.1, 0.15) is 12.1 Å². The lowest BCUT2D eigenvalue weighted by atomic mass is 9.86. The molecule has 5 nitrogen and oxygen atoms in total. The van der Waals surface area contributed by atoms with Gasteiger partial charge in [0.2, 0.25) is 0 Å². The molecule has 0 aliphatic carbocycles. The number of carbonyl (C=O) groups excluding carboxylic acids is 2. The Morgan fingerprint density at radius 3 is 2.22 bits per heavy atom. The third-order valence-corrected chi connectivity index (χ3v) is 4.00. The quantitative estimate of drug-likeness (QED) is 0.332. The number of Topliss-reactive ketones (excluding diaryl/α,β-unsaturated/α-hetero) is 1. The van der Waals surface area contributed by atoms with Crippen molar-refractivity contribution in [2.24, 2.45) is 11.8 Å². The highest BCUT2D eigenvalue weighted by Gasteiger charge is 2.22. The minimum absolute atomic E-state index is 0.0706. The van der Waals surface area contributed by atoms with Crippen LogP contribution in [0.1, 0.15) is 52.4 Å². The van der Waals surface area contributed by atoms with Crippen LogP contribution in [0.3, 0.4) is 0 Å². The van der Waals surface area contributed by atoms with Gasteiger partial charge in [0.15, 0.2) is 0 Å². The number of aldehydes is 1. The van der Waals surface area contributed by atoms with Gasteiger partial charge in [-0.05, 0) is 39.0 Å². The van der Waals surface area contributed by atoms with Crippen LogP contribution in [0.15, 0.2) is 48.6 Å². The van der Waals surface area contributed by atoms with Gasteiger partial charge in [-0.3, -0.25) is 9.59 Å². The van der Waals surface area contributed by atoms with E-state index < -0.39 is 23.9 Å². The molecule has 5 heteroatoms. The highest BCUT2D eigenvalue weighted by atomic mass is 16.4. The Morgan fingerprint density at radius 2 is 1.63 bits per heavy atom. The molecule has 0 heterocycles. The second kappa shape index (κ2) is 15.9. The first-order chi connectivity index (χ1) is 12.9. The Kier molecular flexibility index (Phi) is 14.6. The van der Waals surface area contributed by atoms with Gasteiger partial charge in [-0.2, -0.15) is 0 Å². The van der Waals surface area contributed by atoms with E-state index in [1.807, 2.05) is 43.4 Å². The molecule has 0 bridgehead atoms. The zero-order valence-corrected chi connectivity index (χ0v) is 16.3. The molecule has 0 fully saturated rings. The van der Waals surface area contributed by atoms with Crippen molar-refractivity contribution in [1.82, 2.24) is 0 Å². The maximum absolute atomic E-state index is 11.9. The fraction of sp³-hybridized carbons (Fsp3) is 0.500. The molecule has 27 heavy (non-hydrogen) atoms. The second-order valence-electron chi connectivity index (χ2n) is 6.34. The predicted octanol–water partition coefficient (Wildman–Crippen LogP) is 4.04. The van der Waals surface area contributed by atoms with Crippen LogP contribution >= 0.6 is 0 Å². The van der Waals surface area contributed by atoms with Gasteiger partial charge in [0, 0.05) is 18.3 Å². The molecule has 2 N–H and O–H groups in total. The number of aliphatic hydroxyl groups is 1. The van der Waals surface area contributed by atoms with Crippen LogP contribution in [-0.2, 0) is 14.4 Å². The van der Waals surface area contributed by atoms with E-state index in [2.05, 4.69) is 0 Å². The molecule has 0 aliphatic heterocycles. The highest BCUT2D eigenvalue weighted by molar-refractivity contribution is 5.82. The smallest absolute Gasteiger partial charge is 0.303 e. The number of aliphatic carboxylic acids is 1. The maximum Gasteiger partial charge on any atom is 0.303 e. The number of aliphatic hydroxyl groups excluding tert-OH is 1. The van der Waals surface area contributed by atoms with Crippen LogP contribution in [0.5, 0.6) is 0 Å². The number of hydrogen-bond donors (Lipinski definition) is 2. The Morgan fingerprint density at radius 1 is 0.963 bits per heavy atom. The monoisotopic (exact) mass is 376 g/mol. The lowest BCUT2D eigenvalue weighted by Crippen LogP contribution is -2.21. The van der Waals surface area contributed by atoms with E-state index in [1.165, 1.54) is 6.92 Å². The molecule has 0 aromatic carbocycles. The SMILES string of the molecule is CC/C=C\CC(O)/C=C/C(C=O)C(C/C=C\C/C=C\CCC(=O)O)C(C)=O. The van der Waals surface area contributed by atoms with Gasteiger partial charge >= 0.3 is 5.97 Å². The Bertz CT molecular complexity index is 557. The lowest BCUT2D eigenvalue weighted by Gasteiger charge is -2.16. The third kappa shape index (κ3) is 13.6. The Hall–Kier alpha value is -2.27. The summed E-state index contributed by atoms with van der Waals surface area (Å²) in [6.07, 6.45) is 17.6. The first kappa shape index (κ1) is 24.7. The van der Waals surface area contributed by atoms with Gasteiger partial charge in [-0.15, -0.1) is 0 Å². The molecular weight excluding hydrogens is 344 g/mol. The van der Waals surface area contributed by atoms with E-state index in [0.717, 1.165) is 12.7 Å². The molecule has 0 radical (unpaired) electrons. The van der Waals surface area contributed by atoms with Crippen molar-refractivity contribution in [3.8, 4) is 0 Å². The van der Waals surface area contributed by atoms with Crippen molar-refractivity contribution in [3.05, 3.63) is 48.6 Å². The molecule has 150 valence electrons. The summed E-state index contributed by atoms with van der Waals surface area (Å²) in [6.45, 7) is 3.48. The number of carboxylic acids is 1. The van der Waals surface area contributed by atoms with Gasteiger partial charge in [0.25, 0.3) is 0 Å². The average molecular weight is 376 g/mol. The molecule has 0 aliphatic rings. The number of carbonyl (C=O) groups is 3. The fourth-order valence-electron chi connectivity index (χ4n) is 2.44. The summed E-state index contributed by atoms with van der Waals surface area (Å²) < 4.78 is 0. The topological polar surface area (TPSA) is 91.7 Å². The summed E-state index contributed by atoms with van der Waals surface area (Å²) in [5.74, 6) is -1.91. The van der Waals surface area contributed by atoms with Crippen LogP contribution in [0.4, 0.5) is 0 Å². The molecule has 0 spiro atoms. The Balaban J connectivity index is 4.58. The summed E-state index contributed by atoms with van der Waals surface area (Å²) in [4.78, 5) is 33.7. The van der Waals surface area contributed by atoms with Crippen molar-refractivity contribution in [2.45, 2.75) is 58.5 Å². The van der Waals surface area contributed by atoms with E-state index in [0.29, 0.717) is 25.7 Å². The molecule has 0 saturated carbocycles. The predicted molar refractivity (Wildman–Crippen MR) is 107 cm³/mol. The molecule has 0 aromatic heterocycles. The van der Waals surface area contributed by atoms with E-state index in [4.69, 9.17) is 5.11 Å². The van der Waals surface area contributed by atoms with E-state index in [-0.39, 0.29) is 12.2 Å². The molecule has 3 atom stereocenters. The van der Waals surface area contributed by atoms with Crippen molar-refractivity contribution in [2.75, 3.05) is 0 Å². The minimum atomic E-state index is -0.820. The minimum Gasteiger partial charge on any atom is -0.481 e. The number of hydrogen-bond acceptors (Lipinski definition) is 4. The van der Waals surface area contributed by atoms with Crippen molar-refractivity contribution < 1.29 is 24.6 Å². The maximum atomic E-state index is 11.9. The number of rotatable bonds is 15. The fourth-order valence-corrected chi connectivity index (χ4v) is 2.44. The summed E-state index contributed by atoms with van der Waals surface area (Å²) in [6, 6.07) is 0. The highest BCUT2D eigenvalue weighted by Crippen LogP contribution is 2.19. The molecule has 3 unspecified atom stereocenters. The number of ketones is 1. The van der Waals surface area contributed by atoms with Gasteiger partial charge in [-0.1, -0.05) is 55.5 Å². The summed E-state index contributed by atoms with van der Waals surface area (Å²) in [5, 5.41) is 18.4. The van der Waals surface area contributed by atoms with Crippen LogP contribution in [0.2, 0.25) is 0 Å². The van der Waals surface area contributed by atoms with Gasteiger partial charge < -0.3 is 15.0 Å². The standard InChI is InChI=1S/C22H32O5/c1-3-4-9-12-20(25)16-15-19(17-23)21(18(2)24)13-10-7-5-6-8-11-14-22(26)27/h4,6-10,15-17,19-21,25H,3,5,11-14H2,1-2H3,(H,26,27)/b8-6-,9-4-,10-7-,16-15+. The summed E-state index contributed by atoms with van der Waals surface area (Å²) >= 11 is 0. The average Bonchev–Trinajstić information content (AvgIpc) is 2.62. The van der Waals surface area contributed by atoms with Crippen LogP contribution in [-0.4, -0.2) is 34.4 Å². The molecule has 0 rings (SSSR count). The molecule has 0 amide bonds. The van der Waals surface area contributed by atoms with Crippen LogP contribution < -0.4 is 0 Å². The van der Waals surface area contributed by atoms with Gasteiger partial charge in [-0.25, -0.2) is 0 Å². The Labute approximate surface area is 162 Å². The normalized spacial score (nSPS) is 15.7. The first-order valence-corrected chi connectivity index (χ1v) is 9.41.